The molecule has 0 fully saturated rings. The van der Waals surface area contributed by atoms with Crippen LogP contribution in [0.3, 0.4) is 0 Å². The van der Waals surface area contributed by atoms with Crippen LogP contribution in [0.2, 0.25) is 0 Å². The third kappa shape index (κ3) is 6.14. The highest BCUT2D eigenvalue weighted by Gasteiger charge is 2.23. The fourth-order valence-corrected chi connectivity index (χ4v) is 1.48. The van der Waals surface area contributed by atoms with Gasteiger partial charge in [0.25, 0.3) is 5.91 Å². The van der Waals surface area contributed by atoms with Crippen molar-refractivity contribution >= 4 is 12.1 Å². The maximum absolute atomic E-state index is 12.0. The van der Waals surface area contributed by atoms with E-state index in [0.717, 1.165) is 12.8 Å². The average Bonchev–Trinajstić information content (AvgIpc) is 2.28. The fourth-order valence-electron chi connectivity index (χ4n) is 1.48. The Kier molecular flexibility index (Phi) is 8.19. The Morgan fingerprint density at radius 3 is 2.06 bits per heavy atom. The highest BCUT2D eigenvalue weighted by atomic mass is 16.7. The first kappa shape index (κ1) is 15.7. The van der Waals surface area contributed by atoms with Gasteiger partial charge in [-0.15, -0.1) is 0 Å². The van der Waals surface area contributed by atoms with Gasteiger partial charge in [0.15, 0.2) is 6.10 Å². The molecule has 0 aromatic carbocycles. The van der Waals surface area contributed by atoms with E-state index in [9.17, 15) is 9.59 Å². The average molecular weight is 245 g/mol. The molecule has 1 atom stereocenters. The molecule has 0 N–H and O–H groups in total. The van der Waals surface area contributed by atoms with Crippen molar-refractivity contribution in [3.63, 3.8) is 0 Å². The van der Waals surface area contributed by atoms with Gasteiger partial charge < -0.3 is 14.4 Å². The number of ether oxygens (including phenoxy) is 2. The Hall–Kier alpha value is -1.26. The van der Waals surface area contributed by atoms with Crippen LogP contribution < -0.4 is 0 Å². The first-order valence-corrected chi connectivity index (χ1v) is 6.18. The van der Waals surface area contributed by atoms with Crippen LogP contribution in [-0.2, 0) is 14.3 Å². The lowest BCUT2D eigenvalue weighted by Crippen LogP contribution is -2.40. The van der Waals surface area contributed by atoms with Crippen LogP contribution in [0.4, 0.5) is 4.79 Å². The molecule has 5 heteroatoms. The lowest BCUT2D eigenvalue weighted by Gasteiger charge is -2.24. The molecule has 0 bridgehead atoms. The zero-order valence-electron chi connectivity index (χ0n) is 11.2. The highest BCUT2D eigenvalue weighted by molar-refractivity contribution is 5.82. The summed E-state index contributed by atoms with van der Waals surface area (Å²) in [6.07, 6.45) is 0.198. The van der Waals surface area contributed by atoms with Crippen LogP contribution in [0, 0.1) is 0 Å². The van der Waals surface area contributed by atoms with E-state index in [4.69, 9.17) is 4.74 Å². The number of carbonyl (C=O) groups excluding carboxylic acids is 2. The molecule has 5 nitrogen and oxygen atoms in total. The summed E-state index contributed by atoms with van der Waals surface area (Å²) in [5.41, 5.74) is 0. The molecule has 0 aliphatic carbocycles. The van der Waals surface area contributed by atoms with Gasteiger partial charge in [-0.3, -0.25) is 4.79 Å². The van der Waals surface area contributed by atoms with Crippen molar-refractivity contribution in [3.8, 4) is 0 Å². The molecule has 0 saturated carbocycles. The Morgan fingerprint density at radius 1 is 1.12 bits per heavy atom. The zero-order valence-corrected chi connectivity index (χ0v) is 11.2. The minimum Gasteiger partial charge on any atom is -0.435 e. The van der Waals surface area contributed by atoms with Gasteiger partial charge in [0.05, 0.1) is 6.61 Å². The van der Waals surface area contributed by atoms with Crippen molar-refractivity contribution < 1.29 is 19.1 Å². The Labute approximate surface area is 103 Å². The molecule has 0 heterocycles. The second-order valence-electron chi connectivity index (χ2n) is 3.77. The SMILES string of the molecule is CCCN(CCC)C(=O)C(C)OC(=O)OCC. The molecule has 1 amide bonds. The molecular weight excluding hydrogens is 222 g/mol. The number of hydrogen-bond donors (Lipinski definition) is 0. The summed E-state index contributed by atoms with van der Waals surface area (Å²) in [7, 11) is 0. The maximum atomic E-state index is 12.0. The van der Waals surface area contributed by atoms with Gasteiger partial charge in [0.1, 0.15) is 0 Å². The summed E-state index contributed by atoms with van der Waals surface area (Å²) < 4.78 is 9.50. The van der Waals surface area contributed by atoms with Crippen molar-refractivity contribution in [3.05, 3.63) is 0 Å². The molecule has 0 rings (SSSR count). The number of amides is 1. The van der Waals surface area contributed by atoms with Gasteiger partial charge in [0, 0.05) is 13.1 Å². The summed E-state index contributed by atoms with van der Waals surface area (Å²) in [6, 6.07) is 0. The molecule has 0 radical (unpaired) electrons. The van der Waals surface area contributed by atoms with E-state index in [1.165, 1.54) is 0 Å². The van der Waals surface area contributed by atoms with E-state index in [2.05, 4.69) is 4.74 Å². The smallest absolute Gasteiger partial charge is 0.435 e. The molecule has 0 aromatic heterocycles. The molecule has 0 aliphatic rings. The van der Waals surface area contributed by atoms with Crippen LogP contribution in [0.25, 0.3) is 0 Å². The van der Waals surface area contributed by atoms with Gasteiger partial charge >= 0.3 is 6.16 Å². The third-order valence-corrected chi connectivity index (χ3v) is 2.18. The lowest BCUT2D eigenvalue weighted by atomic mass is 10.3. The van der Waals surface area contributed by atoms with Crippen molar-refractivity contribution in [2.75, 3.05) is 19.7 Å². The van der Waals surface area contributed by atoms with Crippen LogP contribution in [0.1, 0.15) is 40.5 Å². The quantitative estimate of drug-likeness (QED) is 0.645. The summed E-state index contributed by atoms with van der Waals surface area (Å²) >= 11 is 0. The van der Waals surface area contributed by atoms with E-state index in [-0.39, 0.29) is 12.5 Å². The van der Waals surface area contributed by atoms with E-state index >= 15 is 0 Å². The first-order chi connectivity index (χ1) is 8.06. The number of carbonyl (C=O) groups is 2. The number of rotatable bonds is 7. The molecule has 100 valence electrons. The standard InChI is InChI=1S/C12H23NO4/c1-5-8-13(9-6-2)11(14)10(4)17-12(15)16-7-3/h10H,5-9H2,1-4H3. The van der Waals surface area contributed by atoms with Gasteiger partial charge in [-0.2, -0.15) is 0 Å². The van der Waals surface area contributed by atoms with Crippen LogP contribution in [0.5, 0.6) is 0 Å². The summed E-state index contributed by atoms with van der Waals surface area (Å²) in [4.78, 5) is 24.7. The maximum Gasteiger partial charge on any atom is 0.509 e. The van der Waals surface area contributed by atoms with E-state index in [0.29, 0.717) is 13.1 Å². The van der Waals surface area contributed by atoms with E-state index in [1.807, 2.05) is 13.8 Å². The monoisotopic (exact) mass is 245 g/mol. The molecule has 0 aliphatic heterocycles. The van der Waals surface area contributed by atoms with Crippen molar-refractivity contribution in [2.24, 2.45) is 0 Å². The molecule has 1 unspecified atom stereocenters. The largest absolute Gasteiger partial charge is 0.509 e. The van der Waals surface area contributed by atoms with Gasteiger partial charge in [-0.05, 0) is 26.7 Å². The second-order valence-corrected chi connectivity index (χ2v) is 3.77. The molecule has 0 aromatic rings. The summed E-state index contributed by atoms with van der Waals surface area (Å²) in [5.74, 6) is -0.165. The Balaban J connectivity index is 4.28. The highest BCUT2D eigenvalue weighted by Crippen LogP contribution is 2.03. The Bertz CT molecular complexity index is 237. The summed E-state index contributed by atoms with van der Waals surface area (Å²) in [5, 5.41) is 0. The summed E-state index contributed by atoms with van der Waals surface area (Å²) in [6.45, 7) is 8.88. The number of nitrogens with zero attached hydrogens (tertiary/aromatic N) is 1. The molecule has 0 saturated heterocycles. The van der Waals surface area contributed by atoms with E-state index < -0.39 is 12.3 Å². The Morgan fingerprint density at radius 2 is 1.65 bits per heavy atom. The van der Waals surface area contributed by atoms with Crippen LogP contribution in [0.15, 0.2) is 0 Å². The minimum atomic E-state index is -0.790. The molecule has 17 heavy (non-hydrogen) atoms. The normalized spacial score (nSPS) is 11.8. The first-order valence-electron chi connectivity index (χ1n) is 6.18. The lowest BCUT2D eigenvalue weighted by molar-refractivity contribution is -0.140. The van der Waals surface area contributed by atoms with Crippen LogP contribution >= 0.6 is 0 Å². The topological polar surface area (TPSA) is 55.8 Å². The van der Waals surface area contributed by atoms with Gasteiger partial charge in [-0.25, -0.2) is 4.79 Å². The van der Waals surface area contributed by atoms with Crippen molar-refractivity contribution in [1.29, 1.82) is 0 Å². The van der Waals surface area contributed by atoms with Gasteiger partial charge in [-0.1, -0.05) is 13.8 Å². The van der Waals surface area contributed by atoms with E-state index in [1.54, 1.807) is 18.7 Å². The van der Waals surface area contributed by atoms with Crippen molar-refractivity contribution in [1.82, 2.24) is 4.90 Å². The minimum absolute atomic E-state index is 0.165. The van der Waals surface area contributed by atoms with Crippen molar-refractivity contribution in [2.45, 2.75) is 46.6 Å². The molecular formula is C12H23NO4. The fraction of sp³-hybridized carbons (Fsp3) is 0.833. The zero-order chi connectivity index (χ0) is 13.3. The molecule has 0 spiro atoms. The predicted octanol–water partition coefficient (Wildman–Crippen LogP) is 2.20. The second kappa shape index (κ2) is 8.84. The van der Waals surface area contributed by atoms with Crippen LogP contribution in [-0.4, -0.2) is 42.8 Å². The predicted molar refractivity (Wildman–Crippen MR) is 64.7 cm³/mol. The van der Waals surface area contributed by atoms with Gasteiger partial charge in [0.2, 0.25) is 0 Å². The number of hydrogen-bond acceptors (Lipinski definition) is 4. The third-order valence-electron chi connectivity index (χ3n) is 2.18.